The standard InChI is InChI=1S/C24H20N4O2S/c1-16-11-13-18(14-12-16)27-22(30)19-9-5-6-10-20(19)28-23(27)25-26-24(28)31-15-21(29)17-7-3-2-4-8-17/h2-14,21,29H,15H2,1H3. The Balaban J connectivity index is 1.64. The monoisotopic (exact) mass is 428 g/mol. The average Bonchev–Trinajstić information content (AvgIpc) is 3.23. The van der Waals surface area contributed by atoms with Gasteiger partial charge in [0.1, 0.15) is 0 Å². The van der Waals surface area contributed by atoms with E-state index < -0.39 is 6.10 Å². The van der Waals surface area contributed by atoms with Crippen LogP contribution in [0.2, 0.25) is 0 Å². The number of aryl methyl sites for hydroxylation is 1. The van der Waals surface area contributed by atoms with Crippen molar-refractivity contribution in [3.05, 3.63) is 100 Å². The van der Waals surface area contributed by atoms with Gasteiger partial charge in [0.2, 0.25) is 5.78 Å². The van der Waals surface area contributed by atoms with E-state index in [0.29, 0.717) is 22.1 Å². The molecule has 1 atom stereocenters. The molecule has 5 aromatic rings. The smallest absolute Gasteiger partial charge is 0.267 e. The number of fused-ring (bicyclic) bond motifs is 3. The normalized spacial score (nSPS) is 12.5. The van der Waals surface area contributed by atoms with Crippen molar-refractivity contribution < 1.29 is 5.11 Å². The summed E-state index contributed by atoms with van der Waals surface area (Å²) in [4.78, 5) is 13.3. The highest BCUT2D eigenvalue weighted by atomic mass is 32.2. The second-order valence-corrected chi connectivity index (χ2v) is 8.34. The Bertz CT molecular complexity index is 1430. The van der Waals surface area contributed by atoms with Gasteiger partial charge in [-0.15, -0.1) is 10.2 Å². The number of aromatic nitrogens is 4. The van der Waals surface area contributed by atoms with Crippen LogP contribution >= 0.6 is 11.8 Å². The van der Waals surface area contributed by atoms with Gasteiger partial charge in [0.25, 0.3) is 5.56 Å². The molecule has 1 N–H and O–H groups in total. The molecule has 154 valence electrons. The van der Waals surface area contributed by atoms with E-state index in [1.165, 1.54) is 11.8 Å². The molecule has 0 saturated carbocycles. The Morgan fingerprint density at radius 2 is 1.65 bits per heavy atom. The lowest BCUT2D eigenvalue weighted by atomic mass is 10.1. The van der Waals surface area contributed by atoms with Crippen molar-refractivity contribution in [2.45, 2.75) is 18.2 Å². The topological polar surface area (TPSA) is 72.4 Å². The van der Waals surface area contributed by atoms with Gasteiger partial charge in [-0.05, 0) is 36.8 Å². The number of benzene rings is 3. The molecule has 0 saturated heterocycles. The molecule has 0 aliphatic carbocycles. The van der Waals surface area contributed by atoms with Gasteiger partial charge >= 0.3 is 0 Å². The molecule has 0 aliphatic rings. The first kappa shape index (κ1) is 19.5. The second-order valence-electron chi connectivity index (χ2n) is 7.35. The highest BCUT2D eigenvalue weighted by Crippen LogP contribution is 2.26. The molecule has 6 nitrogen and oxygen atoms in total. The third-order valence-corrected chi connectivity index (χ3v) is 6.25. The van der Waals surface area contributed by atoms with Crippen molar-refractivity contribution >= 4 is 28.4 Å². The molecule has 3 aromatic carbocycles. The van der Waals surface area contributed by atoms with Gasteiger partial charge in [0.05, 0.1) is 22.7 Å². The first-order valence-corrected chi connectivity index (χ1v) is 10.9. The fourth-order valence-corrected chi connectivity index (χ4v) is 4.53. The van der Waals surface area contributed by atoms with Crippen molar-refractivity contribution in [2.75, 3.05) is 5.75 Å². The minimum Gasteiger partial charge on any atom is -0.388 e. The molecule has 2 aromatic heterocycles. The molecule has 1 unspecified atom stereocenters. The maximum absolute atomic E-state index is 13.3. The number of aliphatic hydroxyl groups is 1. The van der Waals surface area contributed by atoms with E-state index >= 15 is 0 Å². The molecule has 5 rings (SSSR count). The maximum atomic E-state index is 13.3. The summed E-state index contributed by atoms with van der Waals surface area (Å²) < 4.78 is 3.48. The summed E-state index contributed by atoms with van der Waals surface area (Å²) in [6, 6.07) is 24.7. The van der Waals surface area contributed by atoms with E-state index in [1.54, 1.807) is 4.57 Å². The minimum atomic E-state index is -0.632. The number of hydrogen-bond donors (Lipinski definition) is 1. The van der Waals surface area contributed by atoms with Crippen molar-refractivity contribution in [3.63, 3.8) is 0 Å². The van der Waals surface area contributed by atoms with Gasteiger partial charge in [-0.25, -0.2) is 4.57 Å². The van der Waals surface area contributed by atoms with E-state index in [4.69, 9.17) is 0 Å². The predicted octanol–water partition coefficient (Wildman–Crippen LogP) is 4.17. The molecular weight excluding hydrogens is 408 g/mol. The van der Waals surface area contributed by atoms with E-state index in [2.05, 4.69) is 10.2 Å². The number of hydrogen-bond acceptors (Lipinski definition) is 5. The Morgan fingerprint density at radius 1 is 0.935 bits per heavy atom. The summed E-state index contributed by atoms with van der Waals surface area (Å²) in [5.41, 5.74) is 3.30. The molecule has 0 radical (unpaired) electrons. The zero-order chi connectivity index (χ0) is 21.4. The number of rotatable bonds is 5. The molecule has 0 fully saturated rings. The average molecular weight is 429 g/mol. The van der Waals surface area contributed by atoms with E-state index in [0.717, 1.165) is 22.3 Å². The highest BCUT2D eigenvalue weighted by molar-refractivity contribution is 7.99. The third kappa shape index (κ3) is 3.52. The van der Waals surface area contributed by atoms with Crippen LogP contribution in [-0.2, 0) is 0 Å². The largest absolute Gasteiger partial charge is 0.388 e. The van der Waals surface area contributed by atoms with Crippen molar-refractivity contribution in [2.24, 2.45) is 0 Å². The Morgan fingerprint density at radius 3 is 2.42 bits per heavy atom. The second kappa shape index (κ2) is 8.02. The first-order chi connectivity index (χ1) is 15.1. The summed E-state index contributed by atoms with van der Waals surface area (Å²) in [5.74, 6) is 0.868. The van der Waals surface area contributed by atoms with Crippen LogP contribution in [0.3, 0.4) is 0 Å². The lowest BCUT2D eigenvalue weighted by Crippen LogP contribution is -2.21. The van der Waals surface area contributed by atoms with Crippen molar-refractivity contribution in [3.8, 4) is 5.69 Å². The van der Waals surface area contributed by atoms with Crippen molar-refractivity contribution in [1.29, 1.82) is 0 Å². The van der Waals surface area contributed by atoms with Gasteiger partial charge in [0, 0.05) is 5.75 Å². The minimum absolute atomic E-state index is 0.139. The molecule has 0 aliphatic heterocycles. The number of aliphatic hydroxyl groups excluding tert-OH is 1. The zero-order valence-corrected chi connectivity index (χ0v) is 17.7. The fraction of sp³-hybridized carbons (Fsp3) is 0.125. The highest BCUT2D eigenvalue weighted by Gasteiger charge is 2.19. The van der Waals surface area contributed by atoms with Gasteiger partial charge in [-0.3, -0.25) is 9.20 Å². The van der Waals surface area contributed by atoms with Crippen LogP contribution in [0.25, 0.3) is 22.4 Å². The lowest BCUT2D eigenvalue weighted by Gasteiger charge is -2.12. The predicted molar refractivity (Wildman–Crippen MR) is 123 cm³/mol. The third-order valence-electron chi connectivity index (χ3n) is 5.24. The van der Waals surface area contributed by atoms with E-state index in [-0.39, 0.29) is 5.56 Å². The van der Waals surface area contributed by atoms with Crippen LogP contribution in [0, 0.1) is 6.92 Å². The summed E-state index contributed by atoms with van der Waals surface area (Å²) in [6.45, 7) is 2.01. The van der Waals surface area contributed by atoms with Crippen molar-refractivity contribution in [1.82, 2.24) is 19.2 Å². The Kier molecular flexibility index (Phi) is 5.05. The fourth-order valence-electron chi connectivity index (χ4n) is 3.62. The van der Waals surface area contributed by atoms with Crippen LogP contribution in [0.4, 0.5) is 0 Å². The van der Waals surface area contributed by atoms with Crippen LogP contribution in [0.1, 0.15) is 17.2 Å². The van der Waals surface area contributed by atoms with Crippen LogP contribution in [0.5, 0.6) is 0 Å². The summed E-state index contributed by atoms with van der Waals surface area (Å²) in [5, 5.41) is 20.5. The van der Waals surface area contributed by atoms with Crippen LogP contribution in [-0.4, -0.2) is 30.0 Å². The zero-order valence-electron chi connectivity index (χ0n) is 16.8. The summed E-state index contributed by atoms with van der Waals surface area (Å²) >= 11 is 1.41. The molecular formula is C24H20N4O2S. The number of nitrogens with zero attached hydrogens (tertiary/aromatic N) is 4. The van der Waals surface area contributed by atoms with Gasteiger partial charge in [0.15, 0.2) is 5.16 Å². The first-order valence-electron chi connectivity index (χ1n) is 9.95. The molecule has 31 heavy (non-hydrogen) atoms. The van der Waals surface area contributed by atoms with Crippen LogP contribution in [0.15, 0.2) is 88.8 Å². The summed E-state index contributed by atoms with van der Waals surface area (Å²) in [7, 11) is 0. The lowest BCUT2D eigenvalue weighted by molar-refractivity contribution is 0.204. The molecule has 0 amide bonds. The molecule has 0 bridgehead atoms. The van der Waals surface area contributed by atoms with Gasteiger partial charge in [-0.2, -0.15) is 0 Å². The molecule has 0 spiro atoms. The quantitative estimate of drug-likeness (QED) is 0.426. The Labute approximate surface area is 182 Å². The SMILES string of the molecule is Cc1ccc(-n2c(=O)c3ccccc3n3c(SCC(O)c4ccccc4)nnc23)cc1. The van der Waals surface area contributed by atoms with Crippen LogP contribution < -0.4 is 5.56 Å². The molecule has 7 heteroatoms. The van der Waals surface area contributed by atoms with E-state index in [9.17, 15) is 9.90 Å². The number of thioether (sulfide) groups is 1. The van der Waals surface area contributed by atoms with E-state index in [1.807, 2.05) is 90.2 Å². The summed E-state index contributed by atoms with van der Waals surface area (Å²) in [6.07, 6.45) is -0.632. The van der Waals surface area contributed by atoms with Gasteiger partial charge < -0.3 is 5.11 Å². The van der Waals surface area contributed by atoms with Gasteiger partial charge in [-0.1, -0.05) is 71.9 Å². The maximum Gasteiger partial charge on any atom is 0.267 e. The number of para-hydroxylation sites is 1. The Hall–Kier alpha value is -3.42. The molecule has 2 heterocycles.